The Morgan fingerprint density at radius 2 is 2.00 bits per heavy atom. The van der Waals surface area contributed by atoms with E-state index in [1.165, 1.54) is 18.9 Å². The fourth-order valence-corrected chi connectivity index (χ4v) is 3.61. The van der Waals surface area contributed by atoms with Crippen LogP contribution in [-0.2, 0) is 6.18 Å². The molecule has 1 aliphatic rings. The number of thioether (sulfide) groups is 1. The van der Waals surface area contributed by atoms with Crippen LogP contribution in [0.25, 0.3) is 0 Å². The summed E-state index contributed by atoms with van der Waals surface area (Å²) < 4.78 is 38.1. The van der Waals surface area contributed by atoms with Crippen LogP contribution in [0.15, 0.2) is 18.2 Å². The van der Waals surface area contributed by atoms with Gasteiger partial charge in [-0.25, -0.2) is 0 Å². The molecule has 2 rings (SSSR count). The molecule has 1 N–H and O–H groups in total. The number of hydrogen-bond acceptors (Lipinski definition) is 3. The van der Waals surface area contributed by atoms with Gasteiger partial charge in [-0.3, -0.25) is 0 Å². The van der Waals surface area contributed by atoms with Crippen molar-refractivity contribution in [3.63, 3.8) is 0 Å². The molecule has 0 aliphatic heterocycles. The van der Waals surface area contributed by atoms with E-state index in [0.717, 1.165) is 25.0 Å². The highest BCUT2D eigenvalue weighted by Crippen LogP contribution is 2.40. The zero-order valence-electron chi connectivity index (χ0n) is 11.8. The van der Waals surface area contributed by atoms with Crippen molar-refractivity contribution in [1.29, 1.82) is 5.26 Å². The van der Waals surface area contributed by atoms with Gasteiger partial charge in [0.05, 0.1) is 16.8 Å². The molecule has 114 valence electrons. The van der Waals surface area contributed by atoms with Gasteiger partial charge in [-0.15, -0.1) is 0 Å². The first kappa shape index (κ1) is 16.0. The second kappa shape index (κ2) is 6.18. The van der Waals surface area contributed by atoms with Crippen LogP contribution in [0.2, 0.25) is 0 Å². The van der Waals surface area contributed by atoms with Crippen molar-refractivity contribution in [2.45, 2.75) is 36.6 Å². The van der Waals surface area contributed by atoms with Crippen molar-refractivity contribution in [2.24, 2.45) is 0 Å². The first-order valence-electron chi connectivity index (χ1n) is 6.81. The maximum absolute atomic E-state index is 12.6. The summed E-state index contributed by atoms with van der Waals surface area (Å²) in [6.45, 7) is 0.675. The molecular formula is C15H17F3N2S. The van der Waals surface area contributed by atoms with E-state index in [4.69, 9.17) is 5.26 Å². The summed E-state index contributed by atoms with van der Waals surface area (Å²) in [5.74, 6) is 0. The van der Waals surface area contributed by atoms with Crippen LogP contribution in [0.1, 0.15) is 36.8 Å². The Kier molecular flexibility index (Phi) is 4.72. The van der Waals surface area contributed by atoms with Crippen molar-refractivity contribution >= 4 is 17.4 Å². The van der Waals surface area contributed by atoms with Gasteiger partial charge < -0.3 is 5.32 Å². The van der Waals surface area contributed by atoms with Gasteiger partial charge in [0.2, 0.25) is 0 Å². The molecule has 0 heterocycles. The third-order valence-electron chi connectivity index (χ3n) is 4.02. The molecule has 0 saturated heterocycles. The molecule has 1 aliphatic carbocycles. The average Bonchev–Trinajstić information content (AvgIpc) is 2.93. The normalized spacial score (nSPS) is 17.5. The monoisotopic (exact) mass is 314 g/mol. The Morgan fingerprint density at radius 1 is 1.33 bits per heavy atom. The molecule has 0 amide bonds. The lowest BCUT2D eigenvalue weighted by molar-refractivity contribution is -0.137. The minimum atomic E-state index is -4.42. The lowest BCUT2D eigenvalue weighted by atomic mass is 10.1. The first-order valence-corrected chi connectivity index (χ1v) is 8.03. The number of nitriles is 1. The first-order chi connectivity index (χ1) is 9.90. The third kappa shape index (κ3) is 3.65. The quantitative estimate of drug-likeness (QED) is 0.877. The number of nitrogens with zero attached hydrogens (tertiary/aromatic N) is 1. The van der Waals surface area contributed by atoms with Gasteiger partial charge >= 0.3 is 6.18 Å². The summed E-state index contributed by atoms with van der Waals surface area (Å²) in [5, 5.41) is 12.2. The van der Waals surface area contributed by atoms with E-state index < -0.39 is 11.7 Å². The molecule has 1 fully saturated rings. The molecule has 1 aromatic carbocycles. The van der Waals surface area contributed by atoms with Crippen LogP contribution >= 0.6 is 11.8 Å². The van der Waals surface area contributed by atoms with E-state index in [9.17, 15) is 13.2 Å². The van der Waals surface area contributed by atoms with Crippen molar-refractivity contribution < 1.29 is 13.2 Å². The molecule has 0 atom stereocenters. The van der Waals surface area contributed by atoms with Crippen molar-refractivity contribution in [3.8, 4) is 6.07 Å². The Balaban J connectivity index is 2.15. The van der Waals surface area contributed by atoms with Gasteiger partial charge in [0.15, 0.2) is 0 Å². The third-order valence-corrected chi connectivity index (χ3v) is 5.43. The molecule has 6 heteroatoms. The summed E-state index contributed by atoms with van der Waals surface area (Å²) >= 11 is 1.79. The standard InChI is InChI=1S/C15H17F3N2S/c1-21-14(6-2-3-7-14)10-20-13-5-4-12(15(16,17)18)8-11(13)9-19/h4-5,8,20H,2-3,6-7,10H2,1H3. The highest BCUT2D eigenvalue weighted by Gasteiger charge is 2.33. The van der Waals surface area contributed by atoms with E-state index in [1.807, 2.05) is 6.07 Å². The molecule has 0 bridgehead atoms. The number of hydrogen-bond donors (Lipinski definition) is 1. The Bertz CT molecular complexity index is 543. The number of benzene rings is 1. The summed E-state index contributed by atoms with van der Waals surface area (Å²) in [4.78, 5) is 0. The summed E-state index contributed by atoms with van der Waals surface area (Å²) in [7, 11) is 0. The van der Waals surface area contributed by atoms with Crippen LogP contribution in [0.4, 0.5) is 18.9 Å². The molecule has 0 aromatic heterocycles. The van der Waals surface area contributed by atoms with Crippen LogP contribution in [-0.4, -0.2) is 17.5 Å². The highest BCUT2D eigenvalue weighted by atomic mass is 32.2. The number of halogens is 3. The van der Waals surface area contributed by atoms with Gasteiger partial charge in [-0.2, -0.15) is 30.2 Å². The van der Waals surface area contributed by atoms with Crippen LogP contribution in [0.3, 0.4) is 0 Å². The molecule has 0 spiro atoms. The van der Waals surface area contributed by atoms with Gasteiger partial charge in [-0.1, -0.05) is 12.8 Å². The lowest BCUT2D eigenvalue weighted by Crippen LogP contribution is -2.30. The second-order valence-electron chi connectivity index (χ2n) is 5.32. The molecule has 0 radical (unpaired) electrons. The van der Waals surface area contributed by atoms with Crippen molar-refractivity contribution in [1.82, 2.24) is 0 Å². The Labute approximate surface area is 126 Å². The smallest absolute Gasteiger partial charge is 0.383 e. The van der Waals surface area contributed by atoms with E-state index in [1.54, 1.807) is 11.8 Å². The fourth-order valence-electron chi connectivity index (χ4n) is 2.70. The summed E-state index contributed by atoms with van der Waals surface area (Å²) in [6.07, 6.45) is 2.20. The highest BCUT2D eigenvalue weighted by molar-refractivity contribution is 8.00. The molecule has 1 saturated carbocycles. The number of rotatable bonds is 4. The maximum atomic E-state index is 12.6. The van der Waals surface area contributed by atoms with Crippen LogP contribution < -0.4 is 5.32 Å². The van der Waals surface area contributed by atoms with Crippen molar-refractivity contribution in [3.05, 3.63) is 29.3 Å². The van der Waals surface area contributed by atoms with E-state index >= 15 is 0 Å². The van der Waals surface area contributed by atoms with Crippen LogP contribution in [0, 0.1) is 11.3 Å². The van der Waals surface area contributed by atoms with Crippen molar-refractivity contribution in [2.75, 3.05) is 18.1 Å². The Morgan fingerprint density at radius 3 is 2.52 bits per heavy atom. The average molecular weight is 314 g/mol. The molecule has 0 unspecified atom stereocenters. The molecule has 1 aromatic rings. The lowest BCUT2D eigenvalue weighted by Gasteiger charge is -2.27. The predicted molar refractivity (Wildman–Crippen MR) is 79.4 cm³/mol. The number of anilines is 1. The fraction of sp³-hybridized carbons (Fsp3) is 0.533. The van der Waals surface area contributed by atoms with Gasteiger partial charge in [-0.05, 0) is 37.3 Å². The summed E-state index contributed by atoms with van der Waals surface area (Å²) in [5.41, 5.74) is -0.269. The van der Waals surface area contributed by atoms with Gasteiger partial charge in [0, 0.05) is 11.3 Å². The molecular weight excluding hydrogens is 297 g/mol. The SMILES string of the molecule is CSC1(CNc2ccc(C(F)(F)F)cc2C#N)CCCC1. The molecule has 2 nitrogen and oxygen atoms in total. The van der Waals surface area contributed by atoms with E-state index in [2.05, 4.69) is 11.6 Å². The maximum Gasteiger partial charge on any atom is 0.416 e. The molecule has 21 heavy (non-hydrogen) atoms. The van der Waals surface area contributed by atoms with Gasteiger partial charge in [0.25, 0.3) is 0 Å². The zero-order valence-corrected chi connectivity index (χ0v) is 12.6. The Hall–Kier alpha value is -1.35. The predicted octanol–water partition coefficient (Wildman–Crippen LogP) is 4.66. The second-order valence-corrected chi connectivity index (χ2v) is 6.59. The minimum absolute atomic E-state index is 0.0408. The van der Waals surface area contributed by atoms with Crippen LogP contribution in [0.5, 0.6) is 0 Å². The minimum Gasteiger partial charge on any atom is -0.383 e. The number of alkyl halides is 3. The largest absolute Gasteiger partial charge is 0.416 e. The summed E-state index contributed by atoms with van der Waals surface area (Å²) in [6, 6.07) is 5.12. The topological polar surface area (TPSA) is 35.8 Å². The zero-order chi connectivity index (χ0) is 15.5. The van der Waals surface area contributed by atoms with Gasteiger partial charge in [0.1, 0.15) is 6.07 Å². The van der Waals surface area contributed by atoms with E-state index in [-0.39, 0.29) is 10.3 Å². The van der Waals surface area contributed by atoms with E-state index in [0.29, 0.717) is 12.2 Å². The number of nitrogens with one attached hydrogen (secondary N) is 1.